The Morgan fingerprint density at radius 1 is 0.657 bits per heavy atom. The molecule has 1 nitrogen and oxygen atoms in total. The van der Waals surface area contributed by atoms with Crippen molar-refractivity contribution in [2.24, 2.45) is 0 Å². The lowest BCUT2D eigenvalue weighted by atomic mass is 9.97. The molecular weight excluding hydrogens is 451 g/mol. The molecule has 0 bridgehead atoms. The lowest BCUT2D eigenvalue weighted by Gasteiger charge is -2.10. The minimum atomic E-state index is -0.263. The predicted molar refractivity (Wildman–Crippen MR) is 150 cm³/mol. The molecule has 1 heterocycles. The maximum absolute atomic E-state index is 15.3. The first kappa shape index (κ1) is 25.6. The van der Waals surface area contributed by atoms with Gasteiger partial charge in [-0.05, 0) is 71.6 Å². The lowest BCUT2D eigenvalue weighted by molar-refractivity contribution is 0.535. The van der Waals surface area contributed by atoms with Gasteiger partial charge in [0, 0.05) is 10.8 Å². The third-order valence-electron chi connectivity index (χ3n) is 7.06. The smallest absolute Gasteiger partial charge is 0.198 e. The van der Waals surface area contributed by atoms with Crippen LogP contribution in [0.15, 0.2) is 59.0 Å². The molecule has 3 heteroatoms. The summed E-state index contributed by atoms with van der Waals surface area (Å²) in [5.74, 6) is -0.263. The first-order valence-electron chi connectivity index (χ1n) is 13.4. The van der Waals surface area contributed by atoms with Crippen LogP contribution in [0.25, 0.3) is 32.9 Å². The van der Waals surface area contributed by atoms with Crippen molar-refractivity contribution in [3.8, 4) is 11.1 Å². The van der Waals surface area contributed by atoms with Crippen molar-refractivity contribution in [1.82, 2.24) is 0 Å². The number of benzene rings is 3. The molecule has 0 fully saturated rings. The van der Waals surface area contributed by atoms with Crippen molar-refractivity contribution in [1.29, 1.82) is 0 Å². The molecule has 3 aromatic carbocycles. The first-order valence-corrected chi connectivity index (χ1v) is 13.8. The molecule has 4 rings (SSSR count). The van der Waals surface area contributed by atoms with E-state index in [1.54, 1.807) is 0 Å². The molecule has 0 amide bonds. The largest absolute Gasteiger partial charge is 0.441 e. The molecule has 184 valence electrons. The molecule has 1 aromatic heterocycles. The van der Waals surface area contributed by atoms with Gasteiger partial charge in [-0.15, -0.1) is 0 Å². The number of hydrogen-bond donors (Lipinski definition) is 0. The van der Waals surface area contributed by atoms with E-state index in [2.05, 4.69) is 56.3 Å². The van der Waals surface area contributed by atoms with Crippen LogP contribution in [-0.4, -0.2) is 0 Å². The van der Waals surface area contributed by atoms with Crippen LogP contribution in [0.5, 0.6) is 0 Å². The molecule has 4 aromatic rings. The molecule has 0 aliphatic carbocycles. The van der Waals surface area contributed by atoms with E-state index in [1.807, 2.05) is 12.1 Å². The Morgan fingerprint density at radius 3 is 2.03 bits per heavy atom. The maximum atomic E-state index is 15.3. The van der Waals surface area contributed by atoms with Crippen molar-refractivity contribution >= 4 is 34.0 Å². The summed E-state index contributed by atoms with van der Waals surface area (Å²) >= 11 is 5.58. The van der Waals surface area contributed by atoms with Crippen molar-refractivity contribution < 1.29 is 8.81 Å². The van der Waals surface area contributed by atoms with Crippen LogP contribution in [0.1, 0.15) is 82.8 Å². The Bertz CT molecular complexity index is 1320. The van der Waals surface area contributed by atoms with Crippen LogP contribution in [0, 0.1) is 10.5 Å². The molecule has 0 N–H and O–H groups in total. The SMILES string of the molecule is CCCCCCCc1ccc(-c2ccc3c(c2)c(=S)oc2c(F)c(CCCCCC)ccc23)cc1. The standard InChI is InChI=1S/C32H37FOS/c1-3-5-7-9-10-12-23-14-16-24(17-15-23)26-19-20-27-28-21-18-25(13-11-8-6-4-2)30(33)31(28)34-32(35)29(27)22-26/h14-22H,3-13H2,1-2H3. The lowest BCUT2D eigenvalue weighted by Crippen LogP contribution is -1.94. The van der Waals surface area contributed by atoms with Gasteiger partial charge in [-0.2, -0.15) is 0 Å². The van der Waals surface area contributed by atoms with Crippen molar-refractivity contribution in [3.05, 3.63) is 76.2 Å². The molecule has 0 saturated heterocycles. The molecule has 35 heavy (non-hydrogen) atoms. The number of rotatable bonds is 12. The molecule has 0 spiro atoms. The average molecular weight is 489 g/mol. The Morgan fingerprint density at radius 2 is 1.29 bits per heavy atom. The molecular formula is C32H37FOS. The fraction of sp³-hybridized carbons (Fsp3) is 0.406. The highest BCUT2D eigenvalue weighted by Gasteiger charge is 2.14. The Hall–Kier alpha value is -2.52. The van der Waals surface area contributed by atoms with E-state index in [4.69, 9.17) is 16.6 Å². The molecule has 0 aliphatic rings. The maximum Gasteiger partial charge on any atom is 0.198 e. The van der Waals surface area contributed by atoms with Crippen LogP contribution < -0.4 is 0 Å². The number of hydrogen-bond acceptors (Lipinski definition) is 2. The zero-order chi connectivity index (χ0) is 24.6. The Kier molecular flexibility index (Phi) is 9.09. The molecule has 0 unspecified atom stereocenters. The summed E-state index contributed by atoms with van der Waals surface area (Å²) < 4.78 is 21.5. The van der Waals surface area contributed by atoms with Crippen LogP contribution in [0.3, 0.4) is 0 Å². The van der Waals surface area contributed by atoms with Crippen molar-refractivity contribution in [3.63, 3.8) is 0 Å². The minimum Gasteiger partial charge on any atom is -0.441 e. The van der Waals surface area contributed by atoms with Gasteiger partial charge in [0.05, 0.1) is 0 Å². The van der Waals surface area contributed by atoms with E-state index in [0.717, 1.165) is 53.0 Å². The summed E-state index contributed by atoms with van der Waals surface area (Å²) in [7, 11) is 0. The van der Waals surface area contributed by atoms with Gasteiger partial charge < -0.3 is 4.42 Å². The number of unbranched alkanes of at least 4 members (excludes halogenated alkanes) is 7. The quantitative estimate of drug-likeness (QED) is 0.112. The van der Waals surface area contributed by atoms with Crippen molar-refractivity contribution in [2.45, 2.75) is 84.5 Å². The van der Waals surface area contributed by atoms with E-state index >= 15 is 4.39 Å². The number of halogens is 1. The summed E-state index contributed by atoms with van der Waals surface area (Å²) in [6.45, 7) is 4.43. The fourth-order valence-electron chi connectivity index (χ4n) is 4.92. The summed E-state index contributed by atoms with van der Waals surface area (Å²) in [5.41, 5.74) is 4.64. The summed E-state index contributed by atoms with van der Waals surface area (Å²) in [6.07, 6.45) is 12.8. The van der Waals surface area contributed by atoms with Crippen LogP contribution in [0.4, 0.5) is 4.39 Å². The highest BCUT2D eigenvalue weighted by atomic mass is 32.1. The second-order valence-corrected chi connectivity index (χ2v) is 10.1. The van der Waals surface area contributed by atoms with Gasteiger partial charge in [-0.25, -0.2) is 4.39 Å². The van der Waals surface area contributed by atoms with Crippen LogP contribution in [-0.2, 0) is 12.8 Å². The van der Waals surface area contributed by atoms with Gasteiger partial charge in [0.25, 0.3) is 0 Å². The Balaban J connectivity index is 1.56. The first-order chi connectivity index (χ1) is 17.1. The van der Waals surface area contributed by atoms with Crippen molar-refractivity contribution in [2.75, 3.05) is 0 Å². The third-order valence-corrected chi connectivity index (χ3v) is 7.36. The zero-order valence-electron chi connectivity index (χ0n) is 21.2. The normalized spacial score (nSPS) is 11.5. The van der Waals surface area contributed by atoms with E-state index in [-0.39, 0.29) is 11.4 Å². The number of fused-ring (bicyclic) bond motifs is 3. The topological polar surface area (TPSA) is 13.1 Å². The second-order valence-electron chi connectivity index (χ2n) is 9.74. The third kappa shape index (κ3) is 6.19. The van der Waals surface area contributed by atoms with E-state index in [9.17, 15) is 0 Å². The molecule has 0 atom stereocenters. The van der Waals surface area contributed by atoms with Gasteiger partial charge in [-0.3, -0.25) is 0 Å². The molecule has 0 radical (unpaired) electrons. The minimum absolute atomic E-state index is 0.263. The van der Waals surface area contributed by atoms with Gasteiger partial charge in [0.1, 0.15) is 0 Å². The molecule has 0 saturated carbocycles. The van der Waals surface area contributed by atoms with Gasteiger partial charge >= 0.3 is 0 Å². The van der Waals surface area contributed by atoms with E-state index < -0.39 is 0 Å². The number of aryl methyl sites for hydroxylation is 2. The van der Waals surface area contributed by atoms with Gasteiger partial charge in [0.2, 0.25) is 0 Å². The fourth-order valence-corrected chi connectivity index (χ4v) is 5.17. The molecule has 0 aliphatic heterocycles. The second kappa shape index (κ2) is 12.4. The highest BCUT2D eigenvalue weighted by Crippen LogP contribution is 2.33. The monoisotopic (exact) mass is 488 g/mol. The summed E-state index contributed by atoms with van der Waals surface area (Å²) in [4.78, 5) is 0. The summed E-state index contributed by atoms with van der Waals surface area (Å²) in [5, 5.41) is 2.59. The zero-order valence-corrected chi connectivity index (χ0v) is 22.0. The van der Waals surface area contributed by atoms with E-state index in [0.29, 0.717) is 10.3 Å². The van der Waals surface area contributed by atoms with Crippen LogP contribution >= 0.6 is 12.2 Å². The van der Waals surface area contributed by atoms with Gasteiger partial charge in [-0.1, -0.05) is 107 Å². The Labute approximate surface area is 214 Å². The predicted octanol–water partition coefficient (Wildman–Crippen LogP) is 10.8. The summed E-state index contributed by atoms with van der Waals surface area (Å²) in [6, 6.07) is 19.0. The van der Waals surface area contributed by atoms with Crippen LogP contribution in [0.2, 0.25) is 0 Å². The van der Waals surface area contributed by atoms with Gasteiger partial charge in [0.15, 0.2) is 16.1 Å². The van der Waals surface area contributed by atoms with E-state index in [1.165, 1.54) is 50.5 Å². The average Bonchev–Trinajstić information content (AvgIpc) is 2.88. The highest BCUT2D eigenvalue weighted by molar-refractivity contribution is 7.71.